The smallest absolute Gasteiger partial charge is 0.176 e. The van der Waals surface area contributed by atoms with Crippen molar-refractivity contribution in [3.8, 4) is 17.1 Å². The summed E-state index contributed by atoms with van der Waals surface area (Å²) in [6.45, 7) is 0. The Morgan fingerprint density at radius 3 is 2.76 bits per heavy atom. The topological polar surface area (TPSA) is 72.3 Å². The van der Waals surface area contributed by atoms with Gasteiger partial charge in [0.25, 0.3) is 0 Å². The summed E-state index contributed by atoms with van der Waals surface area (Å²) in [4.78, 5) is 4.00. The Bertz CT molecular complexity index is 671. The van der Waals surface area contributed by atoms with Gasteiger partial charge in [-0.05, 0) is 24.3 Å². The third-order valence-electron chi connectivity index (χ3n) is 2.59. The van der Waals surface area contributed by atoms with E-state index in [0.717, 1.165) is 10.9 Å². The number of hydrogen-bond donors (Lipinski definition) is 2. The van der Waals surface area contributed by atoms with Gasteiger partial charge in [-0.25, -0.2) is 4.98 Å². The van der Waals surface area contributed by atoms with Crippen molar-refractivity contribution >= 4 is 16.8 Å². The first-order valence-electron chi connectivity index (χ1n) is 5.17. The minimum Gasteiger partial charge on any atom is -0.504 e. The zero-order valence-electron chi connectivity index (χ0n) is 8.92. The molecule has 0 spiro atoms. The Morgan fingerprint density at radius 2 is 2.06 bits per heavy atom. The molecular weight excluding hydrogens is 216 g/mol. The minimum absolute atomic E-state index is 0.136. The van der Waals surface area contributed by atoms with Crippen LogP contribution in [0, 0.1) is 0 Å². The van der Waals surface area contributed by atoms with E-state index in [-0.39, 0.29) is 5.75 Å². The molecule has 0 atom stereocenters. The number of pyridine rings is 1. The second-order valence-electron chi connectivity index (χ2n) is 3.78. The molecule has 0 aliphatic rings. The van der Waals surface area contributed by atoms with E-state index in [1.54, 1.807) is 24.4 Å². The summed E-state index contributed by atoms with van der Waals surface area (Å²) >= 11 is 0. The number of nitrogens with two attached hydrogens (primary N) is 1. The Labute approximate surface area is 97.3 Å². The molecule has 4 nitrogen and oxygen atoms in total. The molecule has 0 fully saturated rings. The first kappa shape index (κ1) is 9.72. The van der Waals surface area contributed by atoms with Crippen LogP contribution in [0.5, 0.6) is 5.75 Å². The van der Waals surface area contributed by atoms with Crippen molar-refractivity contribution in [2.75, 3.05) is 5.73 Å². The molecule has 0 radical (unpaired) electrons. The number of nitrogen functional groups attached to an aromatic ring is 1. The van der Waals surface area contributed by atoms with Crippen molar-refractivity contribution in [3.63, 3.8) is 0 Å². The highest BCUT2D eigenvalue weighted by Gasteiger charge is 2.09. The number of hydrogen-bond acceptors (Lipinski definition) is 4. The molecule has 3 N–H and O–H groups in total. The van der Waals surface area contributed by atoms with Gasteiger partial charge in [-0.3, -0.25) is 0 Å². The van der Waals surface area contributed by atoms with Crippen molar-refractivity contribution in [2.24, 2.45) is 0 Å². The summed E-state index contributed by atoms with van der Waals surface area (Å²) in [5.41, 5.74) is 6.84. The molecule has 1 aromatic carbocycles. The number of rotatable bonds is 1. The fraction of sp³-hybridized carbons (Fsp3) is 0. The van der Waals surface area contributed by atoms with E-state index in [2.05, 4.69) is 4.98 Å². The number of phenolic OH excluding ortho intramolecular Hbond substituents is 1. The molecule has 17 heavy (non-hydrogen) atoms. The highest BCUT2D eigenvalue weighted by atomic mass is 16.4. The second kappa shape index (κ2) is 3.52. The number of benzene rings is 1. The van der Waals surface area contributed by atoms with Gasteiger partial charge >= 0.3 is 0 Å². The fourth-order valence-corrected chi connectivity index (χ4v) is 1.74. The molecule has 0 saturated carbocycles. The van der Waals surface area contributed by atoms with Gasteiger partial charge in [-0.1, -0.05) is 12.1 Å². The van der Waals surface area contributed by atoms with Crippen LogP contribution in [0.2, 0.25) is 0 Å². The highest BCUT2D eigenvalue weighted by Crippen LogP contribution is 2.32. The van der Waals surface area contributed by atoms with E-state index in [0.29, 0.717) is 17.2 Å². The number of anilines is 1. The van der Waals surface area contributed by atoms with E-state index in [4.69, 9.17) is 10.2 Å². The van der Waals surface area contributed by atoms with Crippen LogP contribution in [0.3, 0.4) is 0 Å². The van der Waals surface area contributed by atoms with Crippen molar-refractivity contribution < 1.29 is 9.52 Å². The molecule has 2 aromatic heterocycles. The van der Waals surface area contributed by atoms with E-state index in [9.17, 15) is 5.11 Å². The Balaban J connectivity index is 2.18. The van der Waals surface area contributed by atoms with Crippen LogP contribution < -0.4 is 5.73 Å². The molecule has 0 aliphatic carbocycles. The lowest BCUT2D eigenvalue weighted by Gasteiger charge is -1.96. The summed E-state index contributed by atoms with van der Waals surface area (Å²) in [7, 11) is 0. The van der Waals surface area contributed by atoms with E-state index in [1.807, 2.05) is 18.2 Å². The van der Waals surface area contributed by atoms with Gasteiger partial charge in [0.15, 0.2) is 11.3 Å². The van der Waals surface area contributed by atoms with Gasteiger partial charge in [0.05, 0.1) is 0 Å². The monoisotopic (exact) mass is 226 g/mol. The Morgan fingerprint density at radius 1 is 1.18 bits per heavy atom. The average Bonchev–Trinajstić information content (AvgIpc) is 2.75. The lowest BCUT2D eigenvalue weighted by atomic mass is 10.2. The lowest BCUT2D eigenvalue weighted by Crippen LogP contribution is -1.88. The van der Waals surface area contributed by atoms with Crippen molar-refractivity contribution in [3.05, 3.63) is 42.6 Å². The van der Waals surface area contributed by atoms with Crippen molar-refractivity contribution in [1.82, 2.24) is 4.98 Å². The zero-order chi connectivity index (χ0) is 11.8. The zero-order valence-corrected chi connectivity index (χ0v) is 8.92. The summed E-state index contributed by atoms with van der Waals surface area (Å²) in [6.07, 6.45) is 1.64. The molecule has 0 saturated heterocycles. The number of furan rings is 1. The quantitative estimate of drug-likeness (QED) is 0.669. The molecule has 3 aromatic rings. The maximum absolute atomic E-state index is 9.65. The maximum Gasteiger partial charge on any atom is 0.176 e. The summed E-state index contributed by atoms with van der Waals surface area (Å²) in [5.74, 6) is 1.26. The second-order valence-corrected chi connectivity index (χ2v) is 3.78. The summed E-state index contributed by atoms with van der Waals surface area (Å²) in [6, 6.07) is 10.7. The molecule has 4 heteroatoms. The summed E-state index contributed by atoms with van der Waals surface area (Å²) < 4.78 is 5.59. The number of phenols is 1. The SMILES string of the molecule is Nc1ccc(-c2cc3cccc(O)c3o2)cn1. The van der Waals surface area contributed by atoms with Gasteiger partial charge in [0, 0.05) is 17.1 Å². The van der Waals surface area contributed by atoms with E-state index >= 15 is 0 Å². The molecule has 0 amide bonds. The standard InChI is InChI=1S/C13H10N2O2/c14-12-5-4-9(7-15-12)11-6-8-2-1-3-10(16)13(8)17-11/h1-7,16H,(H2,14,15). The Kier molecular flexibility index (Phi) is 2.01. The van der Waals surface area contributed by atoms with Crippen LogP contribution >= 0.6 is 0 Å². The molecule has 2 heterocycles. The predicted molar refractivity (Wildman–Crippen MR) is 65.5 cm³/mol. The minimum atomic E-state index is 0.136. The van der Waals surface area contributed by atoms with E-state index < -0.39 is 0 Å². The number of nitrogens with zero attached hydrogens (tertiary/aromatic N) is 1. The number of para-hydroxylation sites is 1. The Hall–Kier alpha value is -2.49. The predicted octanol–water partition coefficient (Wildman–Crippen LogP) is 2.78. The van der Waals surface area contributed by atoms with Gasteiger partial charge < -0.3 is 15.3 Å². The van der Waals surface area contributed by atoms with E-state index in [1.165, 1.54) is 0 Å². The van der Waals surface area contributed by atoms with Gasteiger partial charge in [0.1, 0.15) is 11.6 Å². The number of aromatic hydroxyl groups is 1. The average molecular weight is 226 g/mol. The largest absolute Gasteiger partial charge is 0.504 e. The maximum atomic E-state index is 9.65. The normalized spacial score (nSPS) is 10.8. The molecule has 0 unspecified atom stereocenters. The van der Waals surface area contributed by atoms with Crippen LogP contribution in [0.1, 0.15) is 0 Å². The van der Waals surface area contributed by atoms with Crippen LogP contribution in [0.15, 0.2) is 47.0 Å². The van der Waals surface area contributed by atoms with Gasteiger partial charge in [-0.15, -0.1) is 0 Å². The fourth-order valence-electron chi connectivity index (χ4n) is 1.74. The molecular formula is C13H10N2O2. The van der Waals surface area contributed by atoms with Crippen LogP contribution in [-0.4, -0.2) is 10.1 Å². The van der Waals surface area contributed by atoms with Gasteiger partial charge in [0.2, 0.25) is 0 Å². The van der Waals surface area contributed by atoms with Crippen molar-refractivity contribution in [1.29, 1.82) is 0 Å². The summed E-state index contributed by atoms with van der Waals surface area (Å²) in [5, 5.41) is 10.5. The third-order valence-corrected chi connectivity index (χ3v) is 2.59. The highest BCUT2D eigenvalue weighted by molar-refractivity contribution is 5.87. The molecule has 84 valence electrons. The van der Waals surface area contributed by atoms with Crippen LogP contribution in [0.25, 0.3) is 22.3 Å². The molecule has 0 aliphatic heterocycles. The molecule has 3 rings (SSSR count). The first-order valence-corrected chi connectivity index (χ1v) is 5.17. The number of fused-ring (bicyclic) bond motifs is 1. The van der Waals surface area contributed by atoms with Crippen molar-refractivity contribution in [2.45, 2.75) is 0 Å². The van der Waals surface area contributed by atoms with Crippen LogP contribution in [-0.2, 0) is 0 Å². The lowest BCUT2D eigenvalue weighted by molar-refractivity contribution is 0.466. The number of aromatic nitrogens is 1. The third kappa shape index (κ3) is 1.59. The molecule has 0 bridgehead atoms. The first-order chi connectivity index (χ1) is 8.24. The van der Waals surface area contributed by atoms with Crippen LogP contribution in [0.4, 0.5) is 5.82 Å². The van der Waals surface area contributed by atoms with Gasteiger partial charge in [-0.2, -0.15) is 0 Å².